The molecule has 0 fully saturated rings. The van der Waals surface area contributed by atoms with Crippen LogP contribution in [0.4, 0.5) is 4.39 Å². The largest absolute Gasteiger partial charge is 0.264 e. The standard InChI is InChI=1S/C18H15F.C9H7N.ClH/c19-17-11-13-6-2-3-7-14(13)16-10-9-12-5-1-4-8-15(12)18(16)17;1-2-4-9-7-10-6-5-8(9)3-1;/h2-3,6-7,9-11H,1,4-5,8H2;1-7H;1H. The van der Waals surface area contributed by atoms with Gasteiger partial charge in [-0.1, -0.05) is 60.7 Å². The van der Waals surface area contributed by atoms with Crippen LogP contribution >= 0.6 is 12.4 Å². The number of benzene rings is 4. The lowest BCUT2D eigenvalue weighted by Crippen LogP contribution is -2.04. The number of fused-ring (bicyclic) bond motifs is 6. The predicted molar refractivity (Wildman–Crippen MR) is 127 cm³/mol. The molecule has 30 heavy (non-hydrogen) atoms. The molecule has 1 heterocycles. The summed E-state index contributed by atoms with van der Waals surface area (Å²) in [6, 6.07) is 24.2. The number of hydrogen-bond donors (Lipinski definition) is 0. The van der Waals surface area contributed by atoms with Crippen molar-refractivity contribution in [2.45, 2.75) is 25.7 Å². The molecule has 1 aliphatic rings. The van der Waals surface area contributed by atoms with Gasteiger partial charge < -0.3 is 0 Å². The molecule has 4 aromatic carbocycles. The molecule has 150 valence electrons. The maximum Gasteiger partial charge on any atom is 0.131 e. The van der Waals surface area contributed by atoms with Gasteiger partial charge in [-0.2, -0.15) is 0 Å². The molecule has 6 rings (SSSR count). The molecule has 1 aliphatic carbocycles. The predicted octanol–water partition coefficient (Wildman–Crippen LogP) is 7.67. The fourth-order valence-corrected chi connectivity index (χ4v) is 4.43. The van der Waals surface area contributed by atoms with Crippen LogP contribution in [0.1, 0.15) is 24.0 Å². The van der Waals surface area contributed by atoms with Gasteiger partial charge in [0.1, 0.15) is 5.82 Å². The molecular weight excluding hydrogens is 393 g/mol. The number of aryl methyl sites for hydroxylation is 2. The van der Waals surface area contributed by atoms with Crippen LogP contribution in [0.2, 0.25) is 0 Å². The first kappa shape index (κ1) is 20.3. The van der Waals surface area contributed by atoms with E-state index in [0.717, 1.165) is 34.4 Å². The Hall–Kier alpha value is -2.97. The van der Waals surface area contributed by atoms with E-state index in [2.05, 4.69) is 35.3 Å². The van der Waals surface area contributed by atoms with Crippen LogP contribution in [-0.4, -0.2) is 4.98 Å². The highest BCUT2D eigenvalue weighted by atomic mass is 35.5. The van der Waals surface area contributed by atoms with Crippen molar-refractivity contribution in [3.63, 3.8) is 0 Å². The molecule has 0 amide bonds. The molecule has 0 N–H and O–H groups in total. The smallest absolute Gasteiger partial charge is 0.131 e. The molecule has 0 saturated heterocycles. The third-order valence-corrected chi connectivity index (χ3v) is 5.85. The molecule has 0 aliphatic heterocycles. The summed E-state index contributed by atoms with van der Waals surface area (Å²) in [6.45, 7) is 0. The Kier molecular flexibility index (Phi) is 5.96. The van der Waals surface area contributed by atoms with Crippen molar-refractivity contribution in [2.75, 3.05) is 0 Å². The topological polar surface area (TPSA) is 12.9 Å². The summed E-state index contributed by atoms with van der Waals surface area (Å²) in [6.07, 6.45) is 8.20. The Bertz CT molecular complexity index is 1260. The number of halogens is 2. The highest BCUT2D eigenvalue weighted by molar-refractivity contribution is 6.09. The third kappa shape index (κ3) is 3.76. The van der Waals surface area contributed by atoms with E-state index >= 15 is 0 Å². The van der Waals surface area contributed by atoms with Crippen LogP contribution in [0.15, 0.2) is 85.2 Å². The molecule has 0 radical (unpaired) electrons. The Balaban J connectivity index is 0.000000168. The van der Waals surface area contributed by atoms with Crippen molar-refractivity contribution in [1.82, 2.24) is 4.98 Å². The van der Waals surface area contributed by atoms with E-state index in [1.54, 1.807) is 6.07 Å². The average molecular weight is 416 g/mol. The minimum atomic E-state index is -0.0625. The molecule has 5 aromatic rings. The number of nitrogens with zero attached hydrogens (tertiary/aromatic N) is 1. The van der Waals surface area contributed by atoms with E-state index < -0.39 is 0 Å². The number of pyridine rings is 1. The highest BCUT2D eigenvalue weighted by Gasteiger charge is 2.16. The first-order chi connectivity index (χ1) is 14.3. The zero-order valence-electron chi connectivity index (χ0n) is 16.6. The fraction of sp³-hybridized carbons (Fsp3) is 0.148. The lowest BCUT2D eigenvalue weighted by molar-refractivity contribution is 0.635. The van der Waals surface area contributed by atoms with Crippen LogP contribution in [0.3, 0.4) is 0 Å². The van der Waals surface area contributed by atoms with Crippen molar-refractivity contribution in [3.8, 4) is 0 Å². The molecule has 0 unspecified atom stereocenters. The average Bonchev–Trinajstić information content (AvgIpc) is 2.79. The van der Waals surface area contributed by atoms with E-state index in [0.29, 0.717) is 0 Å². The van der Waals surface area contributed by atoms with Crippen LogP contribution in [0, 0.1) is 5.82 Å². The number of hydrogen-bond acceptors (Lipinski definition) is 1. The summed E-state index contributed by atoms with van der Waals surface area (Å²) in [5.41, 5.74) is 2.58. The highest BCUT2D eigenvalue weighted by Crippen LogP contribution is 2.35. The molecule has 1 aromatic heterocycles. The van der Waals surface area contributed by atoms with Crippen molar-refractivity contribution < 1.29 is 4.39 Å². The second-order valence-electron chi connectivity index (χ2n) is 7.64. The summed E-state index contributed by atoms with van der Waals surface area (Å²) >= 11 is 0. The van der Waals surface area contributed by atoms with E-state index in [-0.39, 0.29) is 18.2 Å². The van der Waals surface area contributed by atoms with Crippen LogP contribution in [0.5, 0.6) is 0 Å². The molecule has 0 bridgehead atoms. The first-order valence-corrected chi connectivity index (χ1v) is 10.2. The number of aromatic nitrogens is 1. The van der Waals surface area contributed by atoms with Gasteiger partial charge in [-0.05, 0) is 75.9 Å². The van der Waals surface area contributed by atoms with Gasteiger partial charge in [0.2, 0.25) is 0 Å². The van der Waals surface area contributed by atoms with E-state index in [1.807, 2.05) is 48.8 Å². The van der Waals surface area contributed by atoms with Gasteiger partial charge in [-0.15, -0.1) is 12.4 Å². The first-order valence-electron chi connectivity index (χ1n) is 10.2. The third-order valence-electron chi connectivity index (χ3n) is 5.85. The summed E-state index contributed by atoms with van der Waals surface area (Å²) < 4.78 is 14.5. The van der Waals surface area contributed by atoms with E-state index in [4.69, 9.17) is 0 Å². The van der Waals surface area contributed by atoms with Gasteiger partial charge in [0, 0.05) is 17.8 Å². The van der Waals surface area contributed by atoms with Gasteiger partial charge in [0.05, 0.1) is 0 Å². The summed E-state index contributed by atoms with van der Waals surface area (Å²) in [4.78, 5) is 4.01. The van der Waals surface area contributed by atoms with Gasteiger partial charge in [0.15, 0.2) is 0 Å². The minimum Gasteiger partial charge on any atom is -0.264 e. The fourth-order valence-electron chi connectivity index (χ4n) is 4.43. The maximum atomic E-state index is 14.5. The lowest BCUT2D eigenvalue weighted by Gasteiger charge is -2.19. The lowest BCUT2D eigenvalue weighted by atomic mass is 9.86. The SMILES string of the molecule is Cl.Fc1cc2ccccc2c2ccc3c(c12)CCCC3.c1ccc2cnccc2c1. The van der Waals surface area contributed by atoms with Crippen LogP contribution in [0.25, 0.3) is 32.3 Å². The zero-order valence-corrected chi connectivity index (χ0v) is 17.5. The van der Waals surface area contributed by atoms with E-state index in [9.17, 15) is 4.39 Å². The molecule has 0 atom stereocenters. The van der Waals surface area contributed by atoms with Crippen molar-refractivity contribution in [2.24, 2.45) is 0 Å². The van der Waals surface area contributed by atoms with Gasteiger partial charge in [-0.25, -0.2) is 4.39 Å². The van der Waals surface area contributed by atoms with Gasteiger partial charge >= 0.3 is 0 Å². The number of rotatable bonds is 0. The minimum absolute atomic E-state index is 0. The molecule has 0 spiro atoms. The summed E-state index contributed by atoms with van der Waals surface area (Å²) in [5, 5.41) is 6.52. The quantitative estimate of drug-likeness (QED) is 0.236. The zero-order chi connectivity index (χ0) is 19.6. The normalized spacial score (nSPS) is 12.7. The van der Waals surface area contributed by atoms with Crippen molar-refractivity contribution in [3.05, 3.63) is 102 Å². The van der Waals surface area contributed by atoms with Crippen molar-refractivity contribution in [1.29, 1.82) is 0 Å². The molecule has 1 nitrogen and oxygen atoms in total. The van der Waals surface area contributed by atoms with E-state index in [1.165, 1.54) is 34.7 Å². The van der Waals surface area contributed by atoms with Gasteiger partial charge in [-0.3, -0.25) is 4.98 Å². The maximum absolute atomic E-state index is 14.5. The Labute approximate surface area is 182 Å². The second kappa shape index (κ2) is 8.81. The van der Waals surface area contributed by atoms with Gasteiger partial charge in [0.25, 0.3) is 0 Å². The monoisotopic (exact) mass is 415 g/mol. The van der Waals surface area contributed by atoms with Crippen molar-refractivity contribution >= 4 is 44.7 Å². The van der Waals surface area contributed by atoms with Crippen LogP contribution < -0.4 is 0 Å². The summed E-state index contributed by atoms with van der Waals surface area (Å²) in [5.74, 6) is -0.0625. The molecular formula is C27H23ClFN. The Morgan fingerprint density at radius 2 is 1.43 bits per heavy atom. The molecule has 3 heteroatoms. The Morgan fingerprint density at radius 3 is 2.27 bits per heavy atom. The van der Waals surface area contributed by atoms with Crippen LogP contribution in [-0.2, 0) is 12.8 Å². The molecule has 0 saturated carbocycles. The summed E-state index contributed by atoms with van der Waals surface area (Å²) in [7, 11) is 0. The second-order valence-corrected chi connectivity index (χ2v) is 7.64. The Morgan fingerprint density at radius 1 is 0.700 bits per heavy atom.